The molecule has 1 aromatic rings. The molecule has 9 heteroatoms. The molecule has 0 saturated heterocycles. The van der Waals surface area contributed by atoms with Crippen molar-refractivity contribution in [3.63, 3.8) is 0 Å². The van der Waals surface area contributed by atoms with Gasteiger partial charge in [-0.1, -0.05) is 32.5 Å². The van der Waals surface area contributed by atoms with Crippen molar-refractivity contribution in [3.8, 4) is 0 Å². The molecule has 1 aromatic heterocycles. The zero-order valence-electron chi connectivity index (χ0n) is 14.9. The molecule has 5 nitrogen and oxygen atoms in total. The number of halogens is 3. The van der Waals surface area contributed by atoms with E-state index in [1.807, 2.05) is 0 Å². The third kappa shape index (κ3) is 5.07. The Hall–Kier alpha value is -1.35. The second-order valence-corrected chi connectivity index (χ2v) is 13.4. The number of hydrogen-bond donors (Lipinski definition) is 1. The highest BCUT2D eigenvalue weighted by Crippen LogP contribution is 2.39. The summed E-state index contributed by atoms with van der Waals surface area (Å²) in [5.74, 6) is -0.130. The van der Waals surface area contributed by atoms with Gasteiger partial charge in [-0.2, -0.15) is 18.3 Å². The Kier molecular flexibility index (Phi) is 5.98. The lowest BCUT2D eigenvalue weighted by atomic mass is 10.00. The zero-order valence-corrected chi connectivity index (χ0v) is 15.9. The molecule has 25 heavy (non-hydrogen) atoms. The summed E-state index contributed by atoms with van der Waals surface area (Å²) in [6.45, 7) is 6.62. The Morgan fingerprint density at radius 1 is 1.28 bits per heavy atom. The fourth-order valence-corrected chi connectivity index (χ4v) is 3.75. The molecular formula is C16H26F3N3O2Si. The fraction of sp³-hybridized carbons (Fsp3) is 0.750. The van der Waals surface area contributed by atoms with Crippen LogP contribution in [0.2, 0.25) is 25.7 Å². The summed E-state index contributed by atoms with van der Waals surface area (Å²) in [6, 6.07) is 0.859. The number of aromatic nitrogens is 2. The molecule has 1 heterocycles. The lowest BCUT2D eigenvalue weighted by Gasteiger charge is -2.19. The molecule has 1 fully saturated rings. The smallest absolute Gasteiger partial charge is 0.397 e. The van der Waals surface area contributed by atoms with E-state index in [9.17, 15) is 18.0 Å². The van der Waals surface area contributed by atoms with Crippen LogP contribution in [0.15, 0.2) is 4.79 Å². The fourth-order valence-electron chi connectivity index (χ4n) is 2.99. The average Bonchev–Trinajstić information content (AvgIpc) is 2.97. The van der Waals surface area contributed by atoms with Crippen LogP contribution in [0.1, 0.15) is 42.9 Å². The van der Waals surface area contributed by atoms with Crippen LogP contribution < -0.4 is 11.3 Å². The maximum Gasteiger partial charge on any atom is 0.423 e. The minimum Gasteiger partial charge on any atom is -0.397 e. The van der Waals surface area contributed by atoms with Crippen LogP contribution in [0.4, 0.5) is 18.9 Å². The van der Waals surface area contributed by atoms with Gasteiger partial charge in [0.05, 0.1) is 11.4 Å². The molecule has 0 amide bonds. The van der Waals surface area contributed by atoms with Crippen LogP contribution in [0.5, 0.6) is 0 Å². The van der Waals surface area contributed by atoms with E-state index in [4.69, 9.17) is 10.5 Å². The SMILES string of the molecule is C[Si](C)(C)CCOCn1nc(C2CCCC2)c(N)c(C(F)(F)F)c1=O. The Bertz CT molecular complexity index is 662. The number of ether oxygens (including phenoxy) is 1. The van der Waals surface area contributed by atoms with Gasteiger partial charge < -0.3 is 10.5 Å². The number of nitrogens with two attached hydrogens (primary N) is 1. The maximum atomic E-state index is 13.3. The zero-order chi connectivity index (χ0) is 18.8. The summed E-state index contributed by atoms with van der Waals surface area (Å²) >= 11 is 0. The Morgan fingerprint density at radius 2 is 1.88 bits per heavy atom. The molecule has 0 bridgehead atoms. The van der Waals surface area contributed by atoms with Gasteiger partial charge in [0.25, 0.3) is 5.56 Å². The van der Waals surface area contributed by atoms with E-state index in [0.717, 1.165) is 36.4 Å². The Labute approximate surface area is 146 Å². The normalized spacial score (nSPS) is 16.6. The van der Waals surface area contributed by atoms with Crippen molar-refractivity contribution in [1.82, 2.24) is 9.78 Å². The van der Waals surface area contributed by atoms with Crippen LogP contribution in [0, 0.1) is 0 Å². The van der Waals surface area contributed by atoms with Crippen molar-refractivity contribution in [2.45, 2.75) is 70.2 Å². The highest BCUT2D eigenvalue weighted by atomic mass is 28.3. The van der Waals surface area contributed by atoms with Crippen LogP contribution in [-0.4, -0.2) is 24.5 Å². The summed E-state index contributed by atoms with van der Waals surface area (Å²) in [7, 11) is -1.32. The molecule has 0 aromatic carbocycles. The quantitative estimate of drug-likeness (QED) is 0.604. The predicted octanol–water partition coefficient (Wildman–Crippen LogP) is 3.81. The summed E-state index contributed by atoms with van der Waals surface area (Å²) in [6.07, 6.45) is -1.47. The van der Waals surface area contributed by atoms with E-state index in [2.05, 4.69) is 24.7 Å². The molecule has 0 atom stereocenters. The number of nitrogen functional groups attached to an aromatic ring is 1. The van der Waals surface area contributed by atoms with Crippen molar-refractivity contribution in [1.29, 1.82) is 0 Å². The summed E-state index contributed by atoms with van der Waals surface area (Å²) < 4.78 is 46.2. The van der Waals surface area contributed by atoms with Gasteiger partial charge in [-0.25, -0.2) is 4.68 Å². The molecule has 1 aliphatic carbocycles. The average molecular weight is 377 g/mol. The topological polar surface area (TPSA) is 70.1 Å². The van der Waals surface area contributed by atoms with Crippen LogP contribution in [-0.2, 0) is 17.6 Å². The van der Waals surface area contributed by atoms with E-state index in [0.29, 0.717) is 6.61 Å². The van der Waals surface area contributed by atoms with Crippen LogP contribution in [0.3, 0.4) is 0 Å². The third-order valence-electron chi connectivity index (χ3n) is 4.46. The highest BCUT2D eigenvalue weighted by Gasteiger charge is 2.40. The second kappa shape index (κ2) is 7.49. The molecule has 1 aliphatic rings. The third-order valence-corrected chi connectivity index (χ3v) is 6.16. The number of nitrogens with zero attached hydrogens (tertiary/aromatic N) is 2. The van der Waals surface area contributed by atoms with Gasteiger partial charge in [-0.15, -0.1) is 0 Å². The molecule has 0 spiro atoms. The van der Waals surface area contributed by atoms with Crippen molar-refractivity contribution >= 4 is 13.8 Å². The van der Waals surface area contributed by atoms with Gasteiger partial charge in [0.2, 0.25) is 0 Å². The molecule has 2 N–H and O–H groups in total. The molecule has 2 rings (SSSR count). The molecule has 1 saturated carbocycles. The minimum absolute atomic E-state index is 0.130. The Balaban J connectivity index is 2.31. The monoisotopic (exact) mass is 377 g/mol. The lowest BCUT2D eigenvalue weighted by Crippen LogP contribution is -2.35. The van der Waals surface area contributed by atoms with Crippen molar-refractivity contribution < 1.29 is 17.9 Å². The maximum absolute atomic E-state index is 13.3. The summed E-state index contributed by atoms with van der Waals surface area (Å²) in [4.78, 5) is 12.2. The first kappa shape index (κ1) is 20.0. The van der Waals surface area contributed by atoms with E-state index in [1.165, 1.54) is 0 Å². The molecular weight excluding hydrogens is 351 g/mol. The summed E-state index contributed by atoms with van der Waals surface area (Å²) in [5.41, 5.74) is 2.80. The van der Waals surface area contributed by atoms with Crippen molar-refractivity contribution in [3.05, 3.63) is 21.6 Å². The van der Waals surface area contributed by atoms with E-state index < -0.39 is 31.1 Å². The molecule has 0 radical (unpaired) electrons. The predicted molar refractivity (Wildman–Crippen MR) is 93.2 cm³/mol. The van der Waals surface area contributed by atoms with E-state index >= 15 is 0 Å². The van der Waals surface area contributed by atoms with Crippen LogP contribution >= 0.6 is 0 Å². The summed E-state index contributed by atoms with van der Waals surface area (Å²) in [5, 5.41) is 4.13. The van der Waals surface area contributed by atoms with Crippen LogP contribution in [0.25, 0.3) is 0 Å². The van der Waals surface area contributed by atoms with E-state index in [1.54, 1.807) is 0 Å². The van der Waals surface area contributed by atoms with Crippen molar-refractivity contribution in [2.24, 2.45) is 0 Å². The van der Waals surface area contributed by atoms with Gasteiger partial charge >= 0.3 is 6.18 Å². The second-order valence-electron chi connectivity index (χ2n) is 7.81. The van der Waals surface area contributed by atoms with Gasteiger partial charge in [-0.3, -0.25) is 4.79 Å². The largest absolute Gasteiger partial charge is 0.423 e. The van der Waals surface area contributed by atoms with Gasteiger partial charge in [0.1, 0.15) is 12.3 Å². The van der Waals surface area contributed by atoms with Crippen molar-refractivity contribution in [2.75, 3.05) is 12.3 Å². The first-order valence-electron chi connectivity index (χ1n) is 8.56. The first-order chi connectivity index (χ1) is 11.5. The molecule has 0 aliphatic heterocycles. The lowest BCUT2D eigenvalue weighted by molar-refractivity contribution is -0.138. The number of rotatable bonds is 6. The van der Waals surface area contributed by atoms with Gasteiger partial charge in [-0.05, 0) is 18.9 Å². The Morgan fingerprint density at radius 3 is 2.40 bits per heavy atom. The number of anilines is 1. The standard InChI is InChI=1S/C16H26F3N3O2Si/c1-25(2,3)9-8-24-10-22-15(23)12(16(17,18)19)13(20)14(21-22)11-6-4-5-7-11/h11H,4-10,20H2,1-3H3. The number of hydrogen-bond acceptors (Lipinski definition) is 4. The first-order valence-corrected chi connectivity index (χ1v) is 12.3. The van der Waals surface area contributed by atoms with E-state index in [-0.39, 0.29) is 18.3 Å². The minimum atomic E-state index is -4.81. The van der Waals surface area contributed by atoms with Gasteiger partial charge in [0.15, 0.2) is 0 Å². The number of alkyl halides is 3. The van der Waals surface area contributed by atoms with Gasteiger partial charge in [0, 0.05) is 20.6 Å². The molecule has 142 valence electrons. The highest BCUT2D eigenvalue weighted by molar-refractivity contribution is 6.76. The molecule has 0 unspecified atom stereocenters.